The van der Waals surface area contributed by atoms with Gasteiger partial charge in [0.1, 0.15) is 11.8 Å². The maximum absolute atomic E-state index is 12.8. The molecule has 0 bridgehead atoms. The van der Waals surface area contributed by atoms with E-state index in [9.17, 15) is 9.59 Å². The lowest BCUT2D eigenvalue weighted by molar-refractivity contribution is -0.132. The Balaban J connectivity index is 1.82. The predicted molar refractivity (Wildman–Crippen MR) is 105 cm³/mol. The number of anilines is 1. The van der Waals surface area contributed by atoms with Crippen molar-refractivity contribution in [1.82, 2.24) is 4.90 Å². The first kappa shape index (κ1) is 18.5. The van der Waals surface area contributed by atoms with E-state index in [0.717, 1.165) is 23.3 Å². The zero-order chi connectivity index (χ0) is 19.2. The number of nitrogens with zero attached hydrogens (tertiary/aromatic N) is 1. The number of para-hydroxylation sites is 1. The average Bonchev–Trinajstić information content (AvgIpc) is 3.19. The van der Waals surface area contributed by atoms with Gasteiger partial charge in [0.05, 0.1) is 7.11 Å². The Morgan fingerprint density at radius 1 is 1.15 bits per heavy atom. The van der Waals surface area contributed by atoms with Crippen LogP contribution >= 0.6 is 0 Å². The Morgan fingerprint density at radius 2 is 1.89 bits per heavy atom. The summed E-state index contributed by atoms with van der Waals surface area (Å²) in [6.45, 7) is 2.18. The summed E-state index contributed by atoms with van der Waals surface area (Å²) >= 11 is 0. The van der Waals surface area contributed by atoms with Gasteiger partial charge in [-0.3, -0.25) is 9.59 Å². The molecule has 5 heteroatoms. The van der Waals surface area contributed by atoms with Gasteiger partial charge in [-0.25, -0.2) is 0 Å². The molecule has 27 heavy (non-hydrogen) atoms. The van der Waals surface area contributed by atoms with E-state index in [4.69, 9.17) is 4.74 Å². The minimum atomic E-state index is -0.484. The van der Waals surface area contributed by atoms with Crippen molar-refractivity contribution in [3.8, 4) is 28.7 Å². The molecule has 2 aromatic carbocycles. The third kappa shape index (κ3) is 4.12. The van der Waals surface area contributed by atoms with E-state index in [2.05, 4.69) is 17.2 Å². The molecule has 0 unspecified atom stereocenters. The molecule has 0 spiro atoms. The highest BCUT2D eigenvalue weighted by molar-refractivity contribution is 6.03. The molecule has 0 saturated carbocycles. The van der Waals surface area contributed by atoms with Crippen LogP contribution < -0.4 is 10.1 Å². The van der Waals surface area contributed by atoms with Crippen LogP contribution in [0.4, 0.5) is 5.69 Å². The monoisotopic (exact) mass is 362 g/mol. The van der Waals surface area contributed by atoms with E-state index < -0.39 is 6.04 Å². The number of hydrogen-bond donors (Lipinski definition) is 1. The number of rotatable bonds is 4. The van der Waals surface area contributed by atoms with Crippen molar-refractivity contribution in [2.75, 3.05) is 19.0 Å². The molecule has 0 aliphatic carbocycles. The maximum Gasteiger partial charge on any atom is 0.299 e. The minimum absolute atomic E-state index is 0.181. The van der Waals surface area contributed by atoms with Crippen LogP contribution in [-0.4, -0.2) is 36.4 Å². The van der Waals surface area contributed by atoms with Crippen LogP contribution in [0.25, 0.3) is 11.1 Å². The van der Waals surface area contributed by atoms with E-state index in [-0.39, 0.29) is 11.8 Å². The number of methoxy groups -OCH3 is 1. The Labute approximate surface area is 159 Å². The van der Waals surface area contributed by atoms with Crippen molar-refractivity contribution in [3.63, 3.8) is 0 Å². The van der Waals surface area contributed by atoms with E-state index >= 15 is 0 Å². The zero-order valence-electron chi connectivity index (χ0n) is 15.5. The van der Waals surface area contributed by atoms with Crippen LogP contribution in [0, 0.1) is 11.8 Å². The molecule has 1 N–H and O–H groups in total. The van der Waals surface area contributed by atoms with Gasteiger partial charge in [-0.2, -0.15) is 0 Å². The highest BCUT2D eigenvalue weighted by atomic mass is 16.5. The number of amides is 2. The first-order valence-electron chi connectivity index (χ1n) is 8.91. The molecule has 5 nitrogen and oxygen atoms in total. The number of likely N-dealkylation sites (tertiary alicyclic amines) is 1. The minimum Gasteiger partial charge on any atom is -0.497 e. The summed E-state index contributed by atoms with van der Waals surface area (Å²) in [7, 11) is 1.63. The first-order valence-corrected chi connectivity index (χ1v) is 8.91. The second-order valence-electron chi connectivity index (χ2n) is 6.29. The smallest absolute Gasteiger partial charge is 0.299 e. The fourth-order valence-electron chi connectivity index (χ4n) is 3.29. The summed E-state index contributed by atoms with van der Waals surface area (Å²) in [5.41, 5.74) is 2.61. The molecule has 3 rings (SSSR count). The van der Waals surface area contributed by atoms with Crippen LogP contribution in [0.15, 0.2) is 48.5 Å². The highest BCUT2D eigenvalue weighted by Gasteiger charge is 2.33. The standard InChI is InChI=1S/C22H22N2O3/c1-3-7-21(25)24-15-6-10-20(24)22(26)23-19-9-5-4-8-18(19)16-11-13-17(27-2)14-12-16/h4-5,8-9,11-14,20H,6,10,15H2,1-2H3,(H,23,26)/t20-/m1/s1. The quantitative estimate of drug-likeness (QED) is 0.849. The lowest BCUT2D eigenvalue weighted by atomic mass is 10.0. The van der Waals surface area contributed by atoms with Gasteiger partial charge in [0, 0.05) is 17.8 Å². The molecule has 2 amide bonds. The number of carbonyl (C=O) groups excluding carboxylic acids is 2. The Kier molecular flexibility index (Phi) is 5.77. The molecule has 1 heterocycles. The predicted octanol–water partition coefficient (Wildman–Crippen LogP) is 3.32. The molecule has 138 valence electrons. The average molecular weight is 362 g/mol. The topological polar surface area (TPSA) is 58.6 Å². The van der Waals surface area contributed by atoms with Crippen LogP contribution in [0.5, 0.6) is 5.75 Å². The van der Waals surface area contributed by atoms with Gasteiger partial charge in [0.15, 0.2) is 0 Å². The van der Waals surface area contributed by atoms with Crippen LogP contribution in [0.3, 0.4) is 0 Å². The van der Waals surface area contributed by atoms with Gasteiger partial charge in [0.25, 0.3) is 5.91 Å². The Hall–Kier alpha value is -3.26. The fourth-order valence-corrected chi connectivity index (χ4v) is 3.29. The number of hydrogen-bond acceptors (Lipinski definition) is 3. The summed E-state index contributed by atoms with van der Waals surface area (Å²) in [4.78, 5) is 26.5. The zero-order valence-corrected chi connectivity index (χ0v) is 15.5. The molecule has 1 saturated heterocycles. The van der Waals surface area contributed by atoms with Crippen LogP contribution in [0.2, 0.25) is 0 Å². The molecule has 2 aromatic rings. The summed E-state index contributed by atoms with van der Waals surface area (Å²) in [5, 5.41) is 2.99. The number of nitrogens with one attached hydrogen (secondary N) is 1. The lowest BCUT2D eigenvalue weighted by Crippen LogP contribution is -2.42. The molecule has 1 aliphatic rings. The summed E-state index contributed by atoms with van der Waals surface area (Å²) in [5.74, 6) is 5.44. The van der Waals surface area contributed by atoms with Gasteiger partial charge in [0.2, 0.25) is 5.91 Å². The second-order valence-corrected chi connectivity index (χ2v) is 6.29. The number of carbonyl (C=O) groups is 2. The second kappa shape index (κ2) is 8.41. The van der Waals surface area contributed by atoms with Gasteiger partial charge < -0.3 is 15.0 Å². The van der Waals surface area contributed by atoms with E-state index in [1.54, 1.807) is 18.9 Å². The van der Waals surface area contributed by atoms with E-state index in [1.807, 2.05) is 48.5 Å². The molecule has 1 aliphatic heterocycles. The molecule has 1 fully saturated rings. The Bertz CT molecular complexity index is 894. The lowest BCUT2D eigenvalue weighted by Gasteiger charge is -2.22. The maximum atomic E-state index is 12.8. The SMILES string of the molecule is CC#CC(=O)N1CCC[C@@H]1C(=O)Nc1ccccc1-c1ccc(OC)cc1. The van der Waals surface area contributed by atoms with Crippen molar-refractivity contribution in [3.05, 3.63) is 48.5 Å². The normalized spacial score (nSPS) is 15.6. The summed E-state index contributed by atoms with van der Waals surface area (Å²) in [6, 6.07) is 14.8. The highest BCUT2D eigenvalue weighted by Crippen LogP contribution is 2.30. The molecule has 0 radical (unpaired) electrons. The van der Waals surface area contributed by atoms with Crippen molar-refractivity contribution in [1.29, 1.82) is 0 Å². The fraction of sp³-hybridized carbons (Fsp3) is 0.273. The summed E-state index contributed by atoms with van der Waals surface area (Å²) in [6.07, 6.45) is 1.45. The van der Waals surface area contributed by atoms with Gasteiger partial charge in [-0.15, -0.1) is 0 Å². The van der Waals surface area contributed by atoms with Crippen molar-refractivity contribution >= 4 is 17.5 Å². The van der Waals surface area contributed by atoms with Crippen molar-refractivity contribution in [2.45, 2.75) is 25.8 Å². The third-order valence-electron chi connectivity index (χ3n) is 4.63. The van der Waals surface area contributed by atoms with Gasteiger partial charge in [-0.05, 0) is 49.4 Å². The molecular formula is C22H22N2O3. The van der Waals surface area contributed by atoms with Crippen LogP contribution in [0.1, 0.15) is 19.8 Å². The molecule has 1 atom stereocenters. The van der Waals surface area contributed by atoms with E-state index in [0.29, 0.717) is 18.7 Å². The number of benzene rings is 2. The largest absolute Gasteiger partial charge is 0.497 e. The van der Waals surface area contributed by atoms with E-state index in [1.165, 1.54) is 0 Å². The first-order chi connectivity index (χ1) is 13.1. The van der Waals surface area contributed by atoms with Gasteiger partial charge >= 0.3 is 0 Å². The molecular weight excluding hydrogens is 340 g/mol. The third-order valence-corrected chi connectivity index (χ3v) is 4.63. The Morgan fingerprint density at radius 3 is 2.59 bits per heavy atom. The summed E-state index contributed by atoms with van der Waals surface area (Å²) < 4.78 is 5.20. The van der Waals surface area contributed by atoms with Crippen molar-refractivity contribution in [2.24, 2.45) is 0 Å². The van der Waals surface area contributed by atoms with Crippen LogP contribution in [-0.2, 0) is 9.59 Å². The number of ether oxygens (including phenoxy) is 1. The van der Waals surface area contributed by atoms with Gasteiger partial charge in [-0.1, -0.05) is 36.3 Å². The van der Waals surface area contributed by atoms with Crippen molar-refractivity contribution < 1.29 is 14.3 Å². The molecule has 0 aromatic heterocycles.